The predicted octanol–water partition coefficient (Wildman–Crippen LogP) is 2.97. The summed E-state index contributed by atoms with van der Waals surface area (Å²) in [6.07, 6.45) is 3.13. The molecule has 0 aliphatic carbocycles. The van der Waals surface area contributed by atoms with E-state index in [1.54, 1.807) is 25.2 Å². The first-order valence-corrected chi connectivity index (χ1v) is 10.2. The zero-order valence-electron chi connectivity index (χ0n) is 16.9. The highest BCUT2D eigenvalue weighted by Gasteiger charge is 2.22. The highest BCUT2D eigenvalue weighted by Crippen LogP contribution is 2.21. The molecule has 1 amide bonds. The fraction of sp³-hybridized carbons (Fsp3) is 0.391. The highest BCUT2D eigenvalue weighted by atomic mass is 19.1. The zero-order chi connectivity index (χ0) is 20.5. The Hall–Kier alpha value is -2.89. The Morgan fingerprint density at radius 2 is 1.76 bits per heavy atom. The number of rotatable bonds is 6. The summed E-state index contributed by atoms with van der Waals surface area (Å²) in [4.78, 5) is 18.6. The minimum absolute atomic E-state index is 0.0667. The van der Waals surface area contributed by atoms with E-state index >= 15 is 0 Å². The summed E-state index contributed by atoms with van der Waals surface area (Å²) in [5.74, 6) is 0.923. The van der Waals surface area contributed by atoms with Crippen molar-refractivity contribution in [1.82, 2.24) is 15.5 Å². The summed E-state index contributed by atoms with van der Waals surface area (Å²) in [7, 11) is 1.64. The molecule has 1 aliphatic rings. The molecule has 0 saturated carbocycles. The van der Waals surface area contributed by atoms with Crippen molar-refractivity contribution >= 4 is 11.9 Å². The first kappa shape index (κ1) is 20.8. The van der Waals surface area contributed by atoms with Gasteiger partial charge in [0.1, 0.15) is 5.82 Å². The Labute approximate surface area is 172 Å². The number of hydrogen-bond donors (Lipinski definition) is 2. The molecule has 1 aliphatic heterocycles. The molecule has 6 heteroatoms. The molecule has 2 aromatic rings. The van der Waals surface area contributed by atoms with Gasteiger partial charge in [-0.2, -0.15) is 0 Å². The lowest BCUT2D eigenvalue weighted by molar-refractivity contribution is -0.131. The lowest BCUT2D eigenvalue weighted by Crippen LogP contribution is -2.46. The van der Waals surface area contributed by atoms with Crippen molar-refractivity contribution in [1.29, 1.82) is 0 Å². The summed E-state index contributed by atoms with van der Waals surface area (Å²) >= 11 is 0. The van der Waals surface area contributed by atoms with Crippen LogP contribution in [0.4, 0.5) is 4.39 Å². The van der Waals surface area contributed by atoms with Gasteiger partial charge in [-0.3, -0.25) is 9.79 Å². The molecule has 0 atom stereocenters. The van der Waals surface area contributed by atoms with Gasteiger partial charge in [0.15, 0.2) is 5.96 Å². The summed E-state index contributed by atoms with van der Waals surface area (Å²) < 4.78 is 13.7. The van der Waals surface area contributed by atoms with Gasteiger partial charge in [0.25, 0.3) is 0 Å². The molecule has 1 heterocycles. The second-order valence-electron chi connectivity index (χ2n) is 7.38. The molecule has 1 fully saturated rings. The molecule has 0 unspecified atom stereocenters. The van der Waals surface area contributed by atoms with E-state index in [9.17, 15) is 9.18 Å². The van der Waals surface area contributed by atoms with Crippen LogP contribution in [0.5, 0.6) is 0 Å². The molecule has 0 radical (unpaired) electrons. The molecule has 0 spiro atoms. The monoisotopic (exact) mass is 396 g/mol. The minimum Gasteiger partial charge on any atom is -0.352 e. The molecule has 154 valence electrons. The Kier molecular flexibility index (Phi) is 7.61. The van der Waals surface area contributed by atoms with Gasteiger partial charge in [-0.1, -0.05) is 48.5 Å². The maximum Gasteiger partial charge on any atom is 0.241 e. The molecule has 0 aromatic heterocycles. The lowest BCUT2D eigenvalue weighted by Gasteiger charge is -2.32. The van der Waals surface area contributed by atoms with Crippen molar-refractivity contribution in [3.63, 3.8) is 0 Å². The van der Waals surface area contributed by atoms with Crippen LogP contribution in [0, 0.1) is 11.7 Å². The average molecular weight is 397 g/mol. The normalized spacial score (nSPS) is 15.2. The van der Waals surface area contributed by atoms with Crippen LogP contribution in [0.2, 0.25) is 0 Å². The topological polar surface area (TPSA) is 56.7 Å². The van der Waals surface area contributed by atoms with Crippen LogP contribution in [0.25, 0.3) is 0 Å². The van der Waals surface area contributed by atoms with Crippen molar-refractivity contribution < 1.29 is 9.18 Å². The number of halogens is 1. The number of carbonyl (C=O) groups excluding carboxylic acids is 1. The van der Waals surface area contributed by atoms with E-state index < -0.39 is 0 Å². The van der Waals surface area contributed by atoms with Crippen LogP contribution in [0.15, 0.2) is 59.6 Å². The minimum atomic E-state index is -0.259. The summed E-state index contributed by atoms with van der Waals surface area (Å²) in [6.45, 7) is 2.07. The number of piperidine rings is 1. The van der Waals surface area contributed by atoms with Crippen molar-refractivity contribution in [3.8, 4) is 0 Å². The first-order chi connectivity index (χ1) is 14.2. The summed E-state index contributed by atoms with van der Waals surface area (Å²) in [6, 6.07) is 17.1. The van der Waals surface area contributed by atoms with E-state index in [1.807, 2.05) is 11.0 Å². The van der Waals surface area contributed by atoms with Gasteiger partial charge < -0.3 is 15.5 Å². The smallest absolute Gasteiger partial charge is 0.241 e. The van der Waals surface area contributed by atoms with Crippen molar-refractivity contribution in [2.75, 3.05) is 26.7 Å². The second-order valence-corrected chi connectivity index (χ2v) is 7.38. The lowest BCUT2D eigenvalue weighted by atomic mass is 9.90. The van der Waals surface area contributed by atoms with Gasteiger partial charge in [-0.15, -0.1) is 0 Å². The van der Waals surface area contributed by atoms with E-state index in [2.05, 4.69) is 39.9 Å². The van der Waals surface area contributed by atoms with Crippen LogP contribution in [-0.4, -0.2) is 43.4 Å². The average Bonchev–Trinajstić information content (AvgIpc) is 2.76. The number of hydrogen-bond acceptors (Lipinski definition) is 2. The van der Waals surface area contributed by atoms with Crippen molar-refractivity contribution in [3.05, 3.63) is 71.5 Å². The summed E-state index contributed by atoms with van der Waals surface area (Å²) in [5.41, 5.74) is 1.92. The van der Waals surface area contributed by atoms with Crippen molar-refractivity contribution in [2.45, 2.75) is 25.8 Å². The quantitative estimate of drug-likeness (QED) is 0.583. The Morgan fingerprint density at radius 1 is 1.07 bits per heavy atom. The molecule has 3 rings (SSSR count). The molecular weight excluding hydrogens is 367 g/mol. The number of amides is 1. The van der Waals surface area contributed by atoms with Crippen LogP contribution in [-0.2, 0) is 17.8 Å². The predicted molar refractivity (Wildman–Crippen MR) is 114 cm³/mol. The molecule has 2 aromatic carbocycles. The molecule has 0 bridgehead atoms. The molecule has 2 N–H and O–H groups in total. The first-order valence-electron chi connectivity index (χ1n) is 10.2. The van der Waals surface area contributed by atoms with E-state index in [1.165, 1.54) is 11.6 Å². The maximum absolute atomic E-state index is 13.7. The van der Waals surface area contributed by atoms with Gasteiger partial charge in [-0.25, -0.2) is 4.39 Å². The van der Waals surface area contributed by atoms with Gasteiger partial charge in [0.2, 0.25) is 5.91 Å². The molecule has 5 nitrogen and oxygen atoms in total. The standard InChI is InChI=1S/C23H29FN4O/c1-25-23(26-16-20-9-5-6-10-21(20)24)27-17-22(29)28-13-11-19(12-14-28)15-18-7-3-2-4-8-18/h2-10,19H,11-17H2,1H3,(H2,25,26,27). The highest BCUT2D eigenvalue weighted by molar-refractivity contribution is 5.86. The van der Waals surface area contributed by atoms with E-state index in [4.69, 9.17) is 0 Å². The van der Waals surface area contributed by atoms with Crippen molar-refractivity contribution in [2.24, 2.45) is 10.9 Å². The second kappa shape index (κ2) is 10.6. The maximum atomic E-state index is 13.7. The van der Waals surface area contributed by atoms with Crippen LogP contribution >= 0.6 is 0 Å². The Morgan fingerprint density at radius 3 is 2.45 bits per heavy atom. The third-order valence-electron chi connectivity index (χ3n) is 5.37. The van der Waals surface area contributed by atoms with E-state index in [0.717, 1.165) is 32.4 Å². The van der Waals surface area contributed by atoms with Gasteiger partial charge in [-0.05, 0) is 36.8 Å². The third-order valence-corrected chi connectivity index (χ3v) is 5.37. The SMILES string of the molecule is CN=C(NCC(=O)N1CCC(Cc2ccccc2)CC1)NCc1ccccc1F. The number of likely N-dealkylation sites (tertiary alicyclic amines) is 1. The van der Waals surface area contributed by atoms with Gasteiger partial charge >= 0.3 is 0 Å². The molecule has 1 saturated heterocycles. The van der Waals surface area contributed by atoms with Crippen LogP contribution in [0.1, 0.15) is 24.0 Å². The number of guanidine groups is 1. The number of aliphatic imine (C=N–C) groups is 1. The Bertz CT molecular complexity index is 817. The van der Waals surface area contributed by atoms with E-state index in [-0.39, 0.29) is 18.3 Å². The number of nitrogens with one attached hydrogen (secondary N) is 2. The van der Waals surface area contributed by atoms with Gasteiger partial charge in [0, 0.05) is 32.2 Å². The zero-order valence-corrected chi connectivity index (χ0v) is 16.9. The largest absolute Gasteiger partial charge is 0.352 e. The number of carbonyl (C=O) groups is 1. The van der Waals surface area contributed by atoms with Gasteiger partial charge in [0.05, 0.1) is 6.54 Å². The van der Waals surface area contributed by atoms with Crippen LogP contribution < -0.4 is 10.6 Å². The third kappa shape index (κ3) is 6.31. The summed E-state index contributed by atoms with van der Waals surface area (Å²) in [5, 5.41) is 6.08. The fourth-order valence-corrected chi connectivity index (χ4v) is 3.65. The number of benzene rings is 2. The molecular formula is C23H29FN4O. The molecule has 29 heavy (non-hydrogen) atoms. The Balaban J connectivity index is 1.39. The number of nitrogens with zero attached hydrogens (tertiary/aromatic N) is 2. The van der Waals surface area contributed by atoms with E-state index in [0.29, 0.717) is 24.0 Å². The van der Waals surface area contributed by atoms with Crippen LogP contribution in [0.3, 0.4) is 0 Å². The fourth-order valence-electron chi connectivity index (χ4n) is 3.65.